The highest BCUT2D eigenvalue weighted by Crippen LogP contribution is 2.53. The maximum absolute atomic E-state index is 8.96. The Labute approximate surface area is 193 Å². The Morgan fingerprint density at radius 1 is 0.533 bits per heavy atom. The topological polar surface area (TPSA) is 64.5 Å². The fourth-order valence-electron chi connectivity index (χ4n) is 4.86. The van der Waals surface area contributed by atoms with Gasteiger partial charge >= 0.3 is 0 Å². The SMILES string of the molecule is OCCCCCNCC1(SSC2(CNCCCCCO)CCCCC2)CCCCC1. The molecule has 2 rings (SSSR count). The predicted molar refractivity (Wildman–Crippen MR) is 134 cm³/mol. The molecular weight excluding hydrogens is 412 g/mol. The van der Waals surface area contributed by atoms with Crippen molar-refractivity contribution in [3.05, 3.63) is 0 Å². The van der Waals surface area contributed by atoms with E-state index >= 15 is 0 Å². The first-order valence-corrected chi connectivity index (χ1v) is 14.9. The van der Waals surface area contributed by atoms with Crippen molar-refractivity contribution in [2.24, 2.45) is 0 Å². The molecule has 0 heterocycles. The van der Waals surface area contributed by atoms with Crippen molar-refractivity contribution in [3.8, 4) is 0 Å². The fourth-order valence-corrected chi connectivity index (χ4v) is 8.86. The van der Waals surface area contributed by atoms with Gasteiger partial charge in [-0.2, -0.15) is 0 Å². The summed E-state index contributed by atoms with van der Waals surface area (Å²) in [5, 5.41) is 25.5. The molecule has 2 saturated carbocycles. The minimum atomic E-state index is 0.327. The monoisotopic (exact) mass is 460 g/mol. The van der Waals surface area contributed by atoms with Crippen molar-refractivity contribution in [2.45, 2.75) is 112 Å². The van der Waals surface area contributed by atoms with Crippen LogP contribution in [0.5, 0.6) is 0 Å². The highest BCUT2D eigenvalue weighted by molar-refractivity contribution is 8.77. The molecule has 0 aromatic carbocycles. The molecular formula is C24H48N2O2S2. The molecule has 4 N–H and O–H groups in total. The van der Waals surface area contributed by atoms with Gasteiger partial charge in [0, 0.05) is 35.8 Å². The summed E-state index contributed by atoms with van der Waals surface area (Å²) in [4.78, 5) is 0. The fraction of sp³-hybridized carbons (Fsp3) is 1.00. The summed E-state index contributed by atoms with van der Waals surface area (Å²) in [5.74, 6) is 0. The summed E-state index contributed by atoms with van der Waals surface area (Å²) < 4.78 is 0.816. The molecule has 0 aliphatic heterocycles. The quantitative estimate of drug-likeness (QED) is 0.175. The van der Waals surface area contributed by atoms with Gasteiger partial charge in [-0.05, 0) is 77.3 Å². The van der Waals surface area contributed by atoms with Crippen LogP contribution in [-0.4, -0.2) is 59.1 Å². The van der Waals surface area contributed by atoms with Crippen molar-refractivity contribution >= 4 is 21.6 Å². The van der Waals surface area contributed by atoms with Crippen LogP contribution in [0, 0.1) is 0 Å². The van der Waals surface area contributed by atoms with E-state index in [0.29, 0.717) is 22.7 Å². The minimum Gasteiger partial charge on any atom is -0.396 e. The summed E-state index contributed by atoms with van der Waals surface area (Å²) in [6, 6.07) is 0. The molecule has 0 radical (unpaired) electrons. The van der Waals surface area contributed by atoms with E-state index in [1.54, 1.807) is 0 Å². The lowest BCUT2D eigenvalue weighted by molar-refractivity contribution is 0.282. The molecule has 2 aliphatic rings. The molecule has 0 aromatic rings. The Bertz CT molecular complexity index is 376. The molecule has 0 spiro atoms. The number of aliphatic hydroxyl groups excluding tert-OH is 2. The lowest BCUT2D eigenvalue weighted by Crippen LogP contribution is -2.42. The maximum Gasteiger partial charge on any atom is 0.0431 e. The second kappa shape index (κ2) is 16.2. The number of hydrogen-bond acceptors (Lipinski definition) is 6. The molecule has 0 amide bonds. The molecule has 0 atom stereocenters. The van der Waals surface area contributed by atoms with Crippen LogP contribution in [0.1, 0.15) is 103 Å². The Hall–Kier alpha value is 0.540. The van der Waals surface area contributed by atoms with Gasteiger partial charge in [0.25, 0.3) is 0 Å². The largest absolute Gasteiger partial charge is 0.396 e. The molecule has 2 aliphatic carbocycles. The van der Waals surface area contributed by atoms with Crippen molar-refractivity contribution in [1.82, 2.24) is 10.6 Å². The highest BCUT2D eigenvalue weighted by Gasteiger charge is 2.39. The van der Waals surface area contributed by atoms with Gasteiger partial charge in [0.15, 0.2) is 0 Å². The van der Waals surface area contributed by atoms with Gasteiger partial charge in [-0.15, -0.1) is 0 Å². The number of unbranched alkanes of at least 4 members (excludes halogenated alkanes) is 4. The number of hydrogen-bond donors (Lipinski definition) is 4. The Kier molecular flexibility index (Phi) is 14.5. The first-order chi connectivity index (χ1) is 14.7. The van der Waals surface area contributed by atoms with E-state index in [9.17, 15) is 0 Å². The van der Waals surface area contributed by atoms with E-state index < -0.39 is 0 Å². The van der Waals surface area contributed by atoms with Crippen LogP contribution in [-0.2, 0) is 0 Å². The van der Waals surface area contributed by atoms with Crippen LogP contribution in [0.25, 0.3) is 0 Å². The number of aliphatic hydroxyl groups is 2. The third-order valence-corrected chi connectivity index (χ3v) is 11.1. The van der Waals surface area contributed by atoms with Gasteiger partial charge < -0.3 is 20.8 Å². The number of nitrogens with one attached hydrogen (secondary N) is 2. The Balaban J connectivity index is 1.81. The Morgan fingerprint density at radius 3 is 1.30 bits per heavy atom. The first kappa shape index (κ1) is 26.8. The second-order valence-corrected chi connectivity index (χ2v) is 12.6. The smallest absolute Gasteiger partial charge is 0.0431 e. The van der Waals surface area contributed by atoms with Crippen LogP contribution in [0.15, 0.2) is 0 Å². The summed E-state index contributed by atoms with van der Waals surface area (Å²) in [5.41, 5.74) is 0. The standard InChI is InChI=1S/C24H48N2O2S2/c27-19-11-3-9-17-25-21-23(13-5-1-6-14-23)29-30-24(15-7-2-8-16-24)22-26-18-10-4-12-20-28/h25-28H,1-22H2. The van der Waals surface area contributed by atoms with Crippen LogP contribution in [0.4, 0.5) is 0 Å². The van der Waals surface area contributed by atoms with Crippen LogP contribution in [0.2, 0.25) is 0 Å². The first-order valence-electron chi connectivity index (χ1n) is 12.7. The molecule has 0 saturated heterocycles. The molecule has 2 fully saturated rings. The van der Waals surface area contributed by atoms with E-state index in [4.69, 9.17) is 10.2 Å². The van der Waals surface area contributed by atoms with Gasteiger partial charge in [0.2, 0.25) is 0 Å². The normalized spacial score (nSPS) is 21.0. The lowest BCUT2D eigenvalue weighted by Gasteiger charge is -2.42. The molecule has 178 valence electrons. The average Bonchev–Trinajstić information content (AvgIpc) is 2.79. The maximum atomic E-state index is 8.96. The zero-order chi connectivity index (χ0) is 21.4. The second-order valence-electron chi connectivity index (χ2n) is 9.58. The number of rotatable bonds is 17. The van der Waals surface area contributed by atoms with Gasteiger partial charge in [0.05, 0.1) is 0 Å². The van der Waals surface area contributed by atoms with Crippen LogP contribution >= 0.6 is 21.6 Å². The minimum absolute atomic E-state index is 0.327. The molecule has 0 unspecified atom stereocenters. The van der Waals surface area contributed by atoms with Crippen molar-refractivity contribution < 1.29 is 10.2 Å². The molecule has 6 heteroatoms. The third-order valence-electron chi connectivity index (χ3n) is 6.84. The van der Waals surface area contributed by atoms with Gasteiger partial charge in [-0.1, -0.05) is 60.1 Å². The average molecular weight is 461 g/mol. The van der Waals surface area contributed by atoms with Crippen molar-refractivity contribution in [2.75, 3.05) is 39.4 Å². The summed E-state index contributed by atoms with van der Waals surface area (Å²) >= 11 is 0. The molecule has 4 nitrogen and oxygen atoms in total. The molecule has 0 aromatic heterocycles. The molecule has 0 bridgehead atoms. The van der Waals surface area contributed by atoms with E-state index in [0.717, 1.165) is 51.9 Å². The van der Waals surface area contributed by atoms with Gasteiger partial charge in [0.1, 0.15) is 0 Å². The van der Waals surface area contributed by atoms with Crippen molar-refractivity contribution in [1.29, 1.82) is 0 Å². The lowest BCUT2D eigenvalue weighted by atomic mass is 9.88. The van der Waals surface area contributed by atoms with Gasteiger partial charge in [-0.25, -0.2) is 0 Å². The van der Waals surface area contributed by atoms with Crippen LogP contribution < -0.4 is 10.6 Å². The van der Waals surface area contributed by atoms with Gasteiger partial charge in [-0.3, -0.25) is 0 Å². The van der Waals surface area contributed by atoms with E-state index in [1.165, 1.54) is 77.0 Å². The van der Waals surface area contributed by atoms with E-state index in [2.05, 4.69) is 32.2 Å². The van der Waals surface area contributed by atoms with Crippen LogP contribution in [0.3, 0.4) is 0 Å². The zero-order valence-corrected chi connectivity index (χ0v) is 20.9. The Morgan fingerprint density at radius 2 is 0.933 bits per heavy atom. The summed E-state index contributed by atoms with van der Waals surface area (Å²) in [6.07, 6.45) is 20.3. The predicted octanol–water partition coefficient (Wildman–Crippen LogP) is 5.28. The summed E-state index contributed by atoms with van der Waals surface area (Å²) in [7, 11) is 4.46. The summed E-state index contributed by atoms with van der Waals surface area (Å²) in [6.45, 7) is 5.13. The van der Waals surface area contributed by atoms with Crippen molar-refractivity contribution in [3.63, 3.8) is 0 Å². The third kappa shape index (κ3) is 10.4. The van der Waals surface area contributed by atoms with E-state index in [1.807, 2.05) is 0 Å². The molecule has 30 heavy (non-hydrogen) atoms. The highest BCUT2D eigenvalue weighted by atomic mass is 33.1. The zero-order valence-electron chi connectivity index (χ0n) is 19.3. The van der Waals surface area contributed by atoms with E-state index in [-0.39, 0.29) is 0 Å².